The van der Waals surface area contributed by atoms with Crippen molar-refractivity contribution in [2.24, 2.45) is 0 Å². The number of hydrogen-bond donors (Lipinski definition) is 1. The first-order valence-corrected chi connectivity index (χ1v) is 7.45. The fourth-order valence-corrected chi connectivity index (χ4v) is 2.85. The molecule has 22 heavy (non-hydrogen) atoms. The van der Waals surface area contributed by atoms with Gasteiger partial charge in [0.1, 0.15) is 5.82 Å². The van der Waals surface area contributed by atoms with E-state index in [1.807, 2.05) is 19.3 Å². The molecule has 1 aliphatic rings. The zero-order chi connectivity index (χ0) is 14.7. The summed E-state index contributed by atoms with van der Waals surface area (Å²) < 4.78 is 14.7. The minimum atomic E-state index is -0.224. The molecule has 2 aromatic rings. The number of aromatic nitrogens is 2. The molecule has 0 amide bonds. The summed E-state index contributed by atoms with van der Waals surface area (Å²) in [6.07, 6.45) is 4.41. The largest absolute Gasteiger partial charge is 0.316 e. The number of nitrogens with zero attached hydrogens (tertiary/aromatic N) is 3. The van der Waals surface area contributed by atoms with Gasteiger partial charge in [-0.15, -0.1) is 12.4 Å². The van der Waals surface area contributed by atoms with E-state index in [2.05, 4.69) is 15.3 Å². The van der Waals surface area contributed by atoms with Gasteiger partial charge in [-0.1, -0.05) is 0 Å². The van der Waals surface area contributed by atoms with Crippen LogP contribution in [-0.2, 0) is 6.54 Å². The average molecular weight is 325 g/mol. The van der Waals surface area contributed by atoms with E-state index in [9.17, 15) is 4.39 Å². The first kappa shape index (κ1) is 16.9. The Kier molecular flexibility index (Phi) is 5.94. The number of halogens is 2. The Labute approximate surface area is 136 Å². The van der Waals surface area contributed by atoms with E-state index >= 15 is 0 Å². The second kappa shape index (κ2) is 7.72. The van der Waals surface area contributed by atoms with Crippen LogP contribution >= 0.6 is 12.4 Å². The molecule has 0 aliphatic carbocycles. The van der Waals surface area contributed by atoms with Crippen LogP contribution in [0.1, 0.15) is 18.5 Å². The van der Waals surface area contributed by atoms with Crippen molar-refractivity contribution < 1.29 is 4.39 Å². The van der Waals surface area contributed by atoms with Crippen molar-refractivity contribution in [1.82, 2.24) is 20.0 Å². The molecule has 0 saturated carbocycles. The summed E-state index contributed by atoms with van der Waals surface area (Å²) >= 11 is 0. The van der Waals surface area contributed by atoms with Gasteiger partial charge in [-0.3, -0.25) is 4.90 Å². The van der Waals surface area contributed by atoms with Crippen molar-refractivity contribution >= 4 is 12.4 Å². The van der Waals surface area contributed by atoms with Crippen molar-refractivity contribution in [3.05, 3.63) is 48.0 Å². The molecule has 1 N–H and O–H groups in total. The van der Waals surface area contributed by atoms with E-state index in [1.54, 1.807) is 16.8 Å². The normalized spacial score (nSPS) is 18.9. The summed E-state index contributed by atoms with van der Waals surface area (Å²) in [4.78, 5) is 2.43. The molecule has 1 aromatic carbocycles. The molecular weight excluding hydrogens is 303 g/mol. The van der Waals surface area contributed by atoms with Crippen LogP contribution in [0.5, 0.6) is 0 Å². The van der Waals surface area contributed by atoms with E-state index in [0.717, 1.165) is 31.0 Å². The van der Waals surface area contributed by atoms with Crippen LogP contribution in [0.3, 0.4) is 0 Å². The maximum absolute atomic E-state index is 12.9. The third-order valence-corrected chi connectivity index (χ3v) is 4.03. The molecule has 1 aromatic heterocycles. The smallest absolute Gasteiger partial charge is 0.123 e. The third kappa shape index (κ3) is 4.06. The van der Waals surface area contributed by atoms with Crippen LogP contribution in [0, 0.1) is 5.82 Å². The zero-order valence-electron chi connectivity index (χ0n) is 12.7. The summed E-state index contributed by atoms with van der Waals surface area (Å²) in [5, 5.41) is 7.94. The van der Waals surface area contributed by atoms with E-state index in [0.29, 0.717) is 6.04 Å². The summed E-state index contributed by atoms with van der Waals surface area (Å²) in [7, 11) is 2.03. The van der Waals surface area contributed by atoms with Crippen LogP contribution in [0.2, 0.25) is 0 Å². The van der Waals surface area contributed by atoms with Crippen molar-refractivity contribution in [2.45, 2.75) is 25.4 Å². The first-order chi connectivity index (χ1) is 10.2. The van der Waals surface area contributed by atoms with Gasteiger partial charge in [-0.05, 0) is 56.8 Å². The van der Waals surface area contributed by atoms with Gasteiger partial charge in [-0.25, -0.2) is 9.07 Å². The van der Waals surface area contributed by atoms with Gasteiger partial charge in [0.2, 0.25) is 0 Å². The van der Waals surface area contributed by atoms with Gasteiger partial charge in [-0.2, -0.15) is 5.10 Å². The van der Waals surface area contributed by atoms with Crippen molar-refractivity contribution in [2.75, 3.05) is 20.1 Å². The molecule has 0 spiro atoms. The Hall–Kier alpha value is -1.43. The van der Waals surface area contributed by atoms with E-state index in [-0.39, 0.29) is 18.2 Å². The highest BCUT2D eigenvalue weighted by Crippen LogP contribution is 2.14. The van der Waals surface area contributed by atoms with Gasteiger partial charge in [0.05, 0.1) is 11.4 Å². The minimum absolute atomic E-state index is 0. The molecule has 1 aliphatic heterocycles. The molecule has 3 rings (SSSR count). The second-order valence-electron chi connectivity index (χ2n) is 5.59. The Balaban J connectivity index is 0.00000176. The highest BCUT2D eigenvalue weighted by atomic mass is 35.5. The number of likely N-dealkylation sites (N-methyl/N-ethyl adjacent to an activating group) is 1. The van der Waals surface area contributed by atoms with Crippen molar-refractivity contribution in [1.29, 1.82) is 0 Å². The summed E-state index contributed by atoms with van der Waals surface area (Å²) in [5.41, 5.74) is 1.94. The lowest BCUT2D eigenvalue weighted by atomic mass is 10.1. The molecule has 2 heterocycles. The van der Waals surface area contributed by atoms with Gasteiger partial charge in [0, 0.05) is 25.3 Å². The van der Waals surface area contributed by atoms with Gasteiger partial charge in [0.25, 0.3) is 0 Å². The zero-order valence-corrected chi connectivity index (χ0v) is 13.5. The number of nitrogens with one attached hydrogen (secondary N) is 1. The molecule has 1 unspecified atom stereocenters. The molecule has 0 bridgehead atoms. The molecule has 0 radical (unpaired) electrons. The maximum Gasteiger partial charge on any atom is 0.123 e. The number of rotatable bonds is 4. The molecule has 6 heteroatoms. The Morgan fingerprint density at radius 1 is 1.27 bits per heavy atom. The molecule has 120 valence electrons. The lowest BCUT2D eigenvalue weighted by Gasteiger charge is -2.31. The van der Waals surface area contributed by atoms with Gasteiger partial charge in [0.15, 0.2) is 0 Å². The van der Waals surface area contributed by atoms with Gasteiger partial charge < -0.3 is 5.32 Å². The van der Waals surface area contributed by atoms with Crippen LogP contribution in [-0.4, -0.2) is 40.9 Å². The monoisotopic (exact) mass is 324 g/mol. The minimum Gasteiger partial charge on any atom is -0.316 e. The summed E-state index contributed by atoms with van der Waals surface area (Å²) in [6.45, 7) is 3.06. The van der Waals surface area contributed by atoms with Crippen molar-refractivity contribution in [3.63, 3.8) is 0 Å². The van der Waals surface area contributed by atoms with Gasteiger partial charge >= 0.3 is 0 Å². The SMILES string of the molecule is CNC1CCCN(Cc2ccn(-c3ccc(F)cc3)n2)C1.Cl. The number of piperidine rings is 1. The molecule has 1 atom stereocenters. The Morgan fingerprint density at radius 3 is 2.77 bits per heavy atom. The van der Waals surface area contributed by atoms with Crippen LogP contribution in [0.4, 0.5) is 4.39 Å². The van der Waals surface area contributed by atoms with E-state index in [1.165, 1.54) is 25.0 Å². The fraction of sp³-hybridized carbons (Fsp3) is 0.438. The standard InChI is InChI=1S/C16H21FN4.ClH/c1-18-14-3-2-9-20(11-14)12-15-8-10-21(19-15)16-6-4-13(17)5-7-16;/h4-8,10,14,18H,2-3,9,11-12H2,1H3;1H. The van der Waals surface area contributed by atoms with Crippen molar-refractivity contribution in [3.8, 4) is 5.69 Å². The number of hydrogen-bond acceptors (Lipinski definition) is 3. The Bertz CT molecular complexity index is 584. The highest BCUT2D eigenvalue weighted by molar-refractivity contribution is 5.85. The highest BCUT2D eigenvalue weighted by Gasteiger charge is 2.19. The third-order valence-electron chi connectivity index (χ3n) is 4.03. The quantitative estimate of drug-likeness (QED) is 0.938. The molecular formula is C16H22ClFN4. The molecule has 4 nitrogen and oxygen atoms in total. The predicted octanol–water partition coefficient (Wildman–Crippen LogP) is 2.62. The molecule has 1 fully saturated rings. The van der Waals surface area contributed by atoms with Crippen LogP contribution in [0.15, 0.2) is 36.5 Å². The predicted molar refractivity (Wildman–Crippen MR) is 88.1 cm³/mol. The van der Waals surface area contributed by atoms with Crippen LogP contribution < -0.4 is 5.32 Å². The lowest BCUT2D eigenvalue weighted by molar-refractivity contribution is 0.186. The number of likely N-dealkylation sites (tertiary alicyclic amines) is 1. The summed E-state index contributed by atoms with van der Waals surface area (Å²) in [5.74, 6) is -0.224. The van der Waals surface area contributed by atoms with E-state index in [4.69, 9.17) is 0 Å². The lowest BCUT2D eigenvalue weighted by Crippen LogP contribution is -2.43. The average Bonchev–Trinajstić information content (AvgIpc) is 2.96. The fourth-order valence-electron chi connectivity index (χ4n) is 2.85. The Morgan fingerprint density at radius 2 is 2.05 bits per heavy atom. The molecule has 1 saturated heterocycles. The summed E-state index contributed by atoms with van der Waals surface area (Å²) in [6, 6.07) is 9.01. The first-order valence-electron chi connectivity index (χ1n) is 7.45. The number of benzene rings is 1. The second-order valence-corrected chi connectivity index (χ2v) is 5.59. The van der Waals surface area contributed by atoms with Crippen LogP contribution in [0.25, 0.3) is 5.69 Å². The van der Waals surface area contributed by atoms with E-state index < -0.39 is 0 Å². The topological polar surface area (TPSA) is 33.1 Å². The maximum atomic E-state index is 12.9.